The first kappa shape index (κ1) is 17.1. The lowest BCUT2D eigenvalue weighted by Crippen LogP contribution is -2.22. The van der Waals surface area contributed by atoms with Crippen LogP contribution < -0.4 is 5.56 Å². The van der Waals surface area contributed by atoms with E-state index in [4.69, 9.17) is 17.0 Å². The van der Waals surface area contributed by atoms with Gasteiger partial charge in [0.1, 0.15) is 0 Å². The fourth-order valence-electron chi connectivity index (χ4n) is 2.79. The fraction of sp³-hybridized carbons (Fsp3) is 0.211. The number of rotatable bonds is 5. The van der Waals surface area contributed by atoms with E-state index >= 15 is 0 Å². The maximum Gasteiger partial charge on any atom is 0.337 e. The molecule has 0 radical (unpaired) electrons. The number of H-pyrrole nitrogens is 1. The van der Waals surface area contributed by atoms with Gasteiger partial charge in [-0.25, -0.2) is 4.79 Å². The van der Waals surface area contributed by atoms with E-state index in [0.717, 1.165) is 12.8 Å². The molecule has 0 bridgehead atoms. The van der Waals surface area contributed by atoms with Crippen LogP contribution in [0.2, 0.25) is 0 Å². The van der Waals surface area contributed by atoms with Gasteiger partial charge < -0.3 is 9.72 Å². The van der Waals surface area contributed by atoms with Crippen molar-refractivity contribution in [3.05, 3.63) is 74.8 Å². The van der Waals surface area contributed by atoms with E-state index in [1.165, 1.54) is 12.7 Å². The number of esters is 1. The lowest BCUT2D eigenvalue weighted by Gasteiger charge is -2.09. The normalized spacial score (nSPS) is 10.8. The van der Waals surface area contributed by atoms with Gasteiger partial charge in [-0.15, -0.1) is 0 Å². The molecule has 3 rings (SSSR count). The Kier molecular flexibility index (Phi) is 5.09. The number of carbonyl (C=O) groups is 1. The monoisotopic (exact) mass is 354 g/mol. The molecule has 128 valence electrons. The molecular weight excluding hydrogens is 336 g/mol. The minimum atomic E-state index is -0.451. The van der Waals surface area contributed by atoms with E-state index in [2.05, 4.69) is 17.1 Å². The number of fused-ring (bicyclic) bond motifs is 1. The predicted octanol–water partition coefficient (Wildman–Crippen LogP) is 3.48. The Morgan fingerprint density at radius 2 is 1.96 bits per heavy atom. The molecule has 0 aliphatic heterocycles. The quantitative estimate of drug-likeness (QED) is 0.563. The fourth-order valence-corrected chi connectivity index (χ4v) is 3.07. The molecule has 0 aliphatic rings. The number of nitrogens with zero attached hydrogens (tertiary/aromatic N) is 1. The van der Waals surface area contributed by atoms with Crippen molar-refractivity contribution >= 4 is 29.1 Å². The van der Waals surface area contributed by atoms with Crippen molar-refractivity contribution in [1.29, 1.82) is 0 Å². The van der Waals surface area contributed by atoms with Crippen LogP contribution in [0.25, 0.3) is 10.9 Å². The zero-order valence-corrected chi connectivity index (χ0v) is 14.6. The van der Waals surface area contributed by atoms with Gasteiger partial charge in [0.25, 0.3) is 5.56 Å². The molecule has 6 heteroatoms. The van der Waals surface area contributed by atoms with Gasteiger partial charge >= 0.3 is 5.97 Å². The summed E-state index contributed by atoms with van der Waals surface area (Å²) in [6, 6.07) is 14.9. The first-order valence-electron chi connectivity index (χ1n) is 7.99. The minimum Gasteiger partial charge on any atom is -0.465 e. The third-order valence-corrected chi connectivity index (χ3v) is 4.42. The molecule has 1 N–H and O–H groups in total. The van der Waals surface area contributed by atoms with Gasteiger partial charge in [-0.2, -0.15) is 0 Å². The summed E-state index contributed by atoms with van der Waals surface area (Å²) in [4.78, 5) is 27.4. The number of aryl methyl sites for hydroxylation is 1. The second-order valence-electron chi connectivity index (χ2n) is 5.73. The molecule has 0 atom stereocenters. The van der Waals surface area contributed by atoms with E-state index < -0.39 is 5.97 Å². The Morgan fingerprint density at radius 1 is 1.20 bits per heavy atom. The van der Waals surface area contributed by atoms with E-state index in [-0.39, 0.29) is 5.56 Å². The van der Waals surface area contributed by atoms with Crippen LogP contribution in [0, 0.1) is 4.77 Å². The largest absolute Gasteiger partial charge is 0.465 e. The molecule has 0 amide bonds. The van der Waals surface area contributed by atoms with Crippen LogP contribution in [0.4, 0.5) is 0 Å². The van der Waals surface area contributed by atoms with Crippen molar-refractivity contribution in [2.45, 2.75) is 19.4 Å². The molecule has 0 aliphatic carbocycles. The van der Waals surface area contributed by atoms with Crippen LogP contribution in [-0.4, -0.2) is 22.6 Å². The van der Waals surface area contributed by atoms with Gasteiger partial charge in [0.05, 0.1) is 23.6 Å². The number of carbonyl (C=O) groups excluding carboxylic acids is 1. The molecule has 25 heavy (non-hydrogen) atoms. The summed E-state index contributed by atoms with van der Waals surface area (Å²) in [6.45, 7) is 0.539. The zero-order chi connectivity index (χ0) is 17.8. The van der Waals surface area contributed by atoms with Crippen molar-refractivity contribution < 1.29 is 9.53 Å². The summed E-state index contributed by atoms with van der Waals surface area (Å²) < 4.78 is 6.62. The van der Waals surface area contributed by atoms with Gasteiger partial charge in [-0.1, -0.05) is 30.3 Å². The van der Waals surface area contributed by atoms with E-state index in [1.54, 1.807) is 22.8 Å². The maximum absolute atomic E-state index is 12.7. The molecule has 3 aromatic rings. The molecule has 0 fully saturated rings. The standard InChI is InChI=1S/C19H18N2O3S/c1-24-18(23)14-9-10-15-16(12-14)20-19(25)21(17(15)22)11-5-8-13-6-3-2-4-7-13/h2-4,6-7,9-10,12H,5,8,11H2,1H3,(H,20,25). The second-order valence-corrected chi connectivity index (χ2v) is 6.11. The number of aromatic amines is 1. The molecule has 1 heterocycles. The number of ether oxygens (including phenoxy) is 1. The molecule has 0 spiro atoms. The van der Waals surface area contributed by atoms with Crippen LogP contribution in [0.1, 0.15) is 22.3 Å². The maximum atomic E-state index is 12.7. The first-order valence-corrected chi connectivity index (χ1v) is 8.40. The minimum absolute atomic E-state index is 0.150. The van der Waals surface area contributed by atoms with Crippen molar-refractivity contribution in [3.63, 3.8) is 0 Å². The third-order valence-electron chi connectivity index (χ3n) is 4.09. The molecule has 1 aromatic heterocycles. The highest BCUT2D eigenvalue weighted by Crippen LogP contribution is 2.12. The van der Waals surface area contributed by atoms with Crippen LogP contribution in [-0.2, 0) is 17.7 Å². The Labute approximate surface area is 149 Å². The Balaban J connectivity index is 1.88. The van der Waals surface area contributed by atoms with Gasteiger partial charge in [-0.05, 0) is 48.8 Å². The zero-order valence-electron chi connectivity index (χ0n) is 13.8. The smallest absolute Gasteiger partial charge is 0.337 e. The average Bonchev–Trinajstić information content (AvgIpc) is 2.64. The number of hydrogen-bond acceptors (Lipinski definition) is 4. The number of hydrogen-bond donors (Lipinski definition) is 1. The highest BCUT2D eigenvalue weighted by atomic mass is 32.1. The van der Waals surface area contributed by atoms with E-state index in [1.807, 2.05) is 18.2 Å². The second kappa shape index (κ2) is 7.44. The lowest BCUT2D eigenvalue weighted by atomic mass is 10.1. The molecule has 0 unspecified atom stereocenters. The van der Waals surface area contributed by atoms with Crippen molar-refractivity contribution in [2.24, 2.45) is 0 Å². The van der Waals surface area contributed by atoms with Crippen LogP contribution in [0.3, 0.4) is 0 Å². The van der Waals surface area contributed by atoms with Crippen LogP contribution >= 0.6 is 12.2 Å². The van der Waals surface area contributed by atoms with Gasteiger partial charge in [0, 0.05) is 6.54 Å². The summed E-state index contributed by atoms with van der Waals surface area (Å²) in [6.07, 6.45) is 1.69. The highest BCUT2D eigenvalue weighted by molar-refractivity contribution is 7.71. The Bertz CT molecular complexity index is 1020. The van der Waals surface area contributed by atoms with Crippen LogP contribution in [0.15, 0.2) is 53.3 Å². The van der Waals surface area contributed by atoms with Gasteiger partial charge in [0.15, 0.2) is 4.77 Å². The Hall–Kier alpha value is -2.73. The number of methoxy groups -OCH3 is 1. The molecule has 5 nitrogen and oxygen atoms in total. The van der Waals surface area contributed by atoms with Gasteiger partial charge in [-0.3, -0.25) is 9.36 Å². The lowest BCUT2D eigenvalue weighted by molar-refractivity contribution is 0.0601. The van der Waals surface area contributed by atoms with Crippen molar-refractivity contribution in [3.8, 4) is 0 Å². The average molecular weight is 354 g/mol. The third kappa shape index (κ3) is 3.69. The molecule has 0 saturated carbocycles. The van der Waals surface area contributed by atoms with E-state index in [0.29, 0.717) is 27.8 Å². The molecule has 2 aromatic carbocycles. The SMILES string of the molecule is COC(=O)c1ccc2c(=O)n(CCCc3ccccc3)c(=S)[nH]c2c1. The highest BCUT2D eigenvalue weighted by Gasteiger charge is 2.10. The van der Waals surface area contributed by atoms with Gasteiger partial charge in [0.2, 0.25) is 0 Å². The molecule has 0 saturated heterocycles. The summed E-state index contributed by atoms with van der Waals surface area (Å²) in [7, 11) is 1.32. The number of aromatic nitrogens is 2. The summed E-state index contributed by atoms with van der Waals surface area (Å²) in [5.41, 5.74) is 2.00. The van der Waals surface area contributed by atoms with Crippen molar-refractivity contribution in [2.75, 3.05) is 7.11 Å². The van der Waals surface area contributed by atoms with Crippen LogP contribution in [0.5, 0.6) is 0 Å². The topological polar surface area (TPSA) is 64.1 Å². The van der Waals surface area contributed by atoms with Crippen molar-refractivity contribution in [1.82, 2.24) is 9.55 Å². The summed E-state index contributed by atoms with van der Waals surface area (Å²) >= 11 is 5.33. The van der Waals surface area contributed by atoms with E-state index in [9.17, 15) is 9.59 Å². The Morgan fingerprint density at radius 3 is 2.68 bits per heavy atom. The number of nitrogens with one attached hydrogen (secondary N) is 1. The summed E-state index contributed by atoms with van der Waals surface area (Å²) in [5.74, 6) is -0.451. The number of benzene rings is 2. The predicted molar refractivity (Wildman–Crippen MR) is 99.5 cm³/mol. The first-order chi connectivity index (χ1) is 12.1. The molecular formula is C19H18N2O3S. The summed E-state index contributed by atoms with van der Waals surface area (Å²) in [5, 5.41) is 0.501.